The van der Waals surface area contributed by atoms with Crippen molar-refractivity contribution in [3.8, 4) is 0 Å². The van der Waals surface area contributed by atoms with E-state index in [0.717, 1.165) is 0 Å². The monoisotopic (exact) mass is 317 g/mol. The second kappa shape index (κ2) is 6.76. The number of H-pyrrole nitrogens is 1. The summed E-state index contributed by atoms with van der Waals surface area (Å²) in [5.41, 5.74) is 4.60. The number of rotatable bonds is 5. The molecule has 2 atom stereocenters. The lowest BCUT2D eigenvalue weighted by molar-refractivity contribution is -0.154. The molecular weight excluding hydrogens is 300 g/mol. The minimum Gasteiger partial charge on any atom is -0.476 e. The Morgan fingerprint density at radius 1 is 1.52 bits per heavy atom. The summed E-state index contributed by atoms with van der Waals surface area (Å²) >= 11 is 0. The highest BCUT2D eigenvalue weighted by molar-refractivity contribution is 6.40. The Bertz CT molecular complexity index is 700. The summed E-state index contributed by atoms with van der Waals surface area (Å²) in [5.74, 6) is -0.753. The van der Waals surface area contributed by atoms with Crippen LogP contribution in [-0.2, 0) is 20.7 Å². The highest BCUT2D eigenvalue weighted by Gasteiger charge is 2.39. The van der Waals surface area contributed by atoms with Gasteiger partial charge in [0.05, 0.1) is 18.0 Å². The fourth-order valence-electron chi connectivity index (χ4n) is 2.45. The third-order valence-corrected chi connectivity index (χ3v) is 3.69. The van der Waals surface area contributed by atoms with Crippen LogP contribution in [-0.4, -0.2) is 49.3 Å². The Kier molecular flexibility index (Phi) is 5.16. The van der Waals surface area contributed by atoms with Crippen LogP contribution in [0.4, 0.5) is 0 Å². The standard InChI is InChI=1S/C13H17B2N3O5/c1-2-7-6-18(12(21)17-11(7)20)9-4-3-8(22-9)13(14,15)23-10(19)5-16/h6,8-9H,2-5,16H2,1H3,(H,17,20,21). The summed E-state index contributed by atoms with van der Waals surface area (Å²) in [6.07, 6.45) is 1.27. The van der Waals surface area contributed by atoms with Gasteiger partial charge in [0, 0.05) is 11.8 Å². The van der Waals surface area contributed by atoms with E-state index in [-0.39, 0.29) is 6.54 Å². The largest absolute Gasteiger partial charge is 0.476 e. The van der Waals surface area contributed by atoms with Crippen LogP contribution in [0.15, 0.2) is 15.8 Å². The third kappa shape index (κ3) is 3.76. The van der Waals surface area contributed by atoms with Gasteiger partial charge in [0.1, 0.15) is 21.9 Å². The molecule has 2 unspecified atom stereocenters. The van der Waals surface area contributed by atoms with Crippen molar-refractivity contribution in [2.75, 3.05) is 6.54 Å². The number of aromatic amines is 1. The van der Waals surface area contributed by atoms with Gasteiger partial charge >= 0.3 is 11.7 Å². The molecule has 1 aromatic heterocycles. The number of aromatic nitrogens is 2. The number of nitrogens with zero attached hydrogens (tertiary/aromatic N) is 1. The van der Waals surface area contributed by atoms with E-state index in [1.54, 1.807) is 6.92 Å². The maximum atomic E-state index is 11.9. The first kappa shape index (κ1) is 17.6. The highest BCUT2D eigenvalue weighted by atomic mass is 16.6. The Labute approximate surface area is 135 Å². The van der Waals surface area contributed by atoms with Gasteiger partial charge in [-0.1, -0.05) is 6.92 Å². The minimum atomic E-state index is -1.84. The van der Waals surface area contributed by atoms with Gasteiger partial charge in [-0.2, -0.15) is 0 Å². The summed E-state index contributed by atoms with van der Waals surface area (Å²) in [7, 11) is 11.5. The zero-order chi connectivity index (χ0) is 17.2. The summed E-state index contributed by atoms with van der Waals surface area (Å²) in [5, 5.41) is -1.84. The molecule has 0 saturated carbocycles. The van der Waals surface area contributed by atoms with Crippen LogP contribution in [0.3, 0.4) is 0 Å². The number of hydrogen-bond donors (Lipinski definition) is 2. The molecule has 8 nitrogen and oxygen atoms in total. The molecular formula is C13H17B2N3O5. The van der Waals surface area contributed by atoms with Crippen molar-refractivity contribution >= 4 is 21.7 Å². The molecule has 1 aromatic rings. The maximum Gasteiger partial charge on any atom is 0.330 e. The number of nitrogens with one attached hydrogen (secondary N) is 1. The predicted octanol–water partition coefficient (Wildman–Crippen LogP) is -1.73. The molecule has 1 fully saturated rings. The van der Waals surface area contributed by atoms with E-state index in [1.807, 2.05) is 0 Å². The van der Waals surface area contributed by atoms with Crippen molar-refractivity contribution in [3.05, 3.63) is 32.6 Å². The van der Waals surface area contributed by atoms with Gasteiger partial charge in [-0.15, -0.1) is 0 Å². The minimum absolute atomic E-state index is 0.356. The average molecular weight is 317 g/mol. The number of ether oxygens (including phenoxy) is 2. The predicted molar refractivity (Wildman–Crippen MR) is 83.2 cm³/mol. The van der Waals surface area contributed by atoms with Crippen molar-refractivity contribution in [2.45, 2.75) is 43.9 Å². The molecule has 0 aliphatic carbocycles. The fourth-order valence-corrected chi connectivity index (χ4v) is 2.45. The second-order valence-electron chi connectivity index (χ2n) is 5.36. The highest BCUT2D eigenvalue weighted by Crippen LogP contribution is 2.32. The van der Waals surface area contributed by atoms with E-state index in [2.05, 4.69) is 4.98 Å². The SMILES string of the molecule is [B]C([B])(OC(=O)CN)C1CCC(n2cc(CC)c(=O)[nH]c2=O)O1. The molecule has 120 valence electrons. The summed E-state index contributed by atoms with van der Waals surface area (Å²) in [6, 6.07) is 0. The first-order valence-electron chi connectivity index (χ1n) is 7.28. The fraction of sp³-hybridized carbons (Fsp3) is 0.615. The van der Waals surface area contributed by atoms with E-state index in [0.29, 0.717) is 24.8 Å². The van der Waals surface area contributed by atoms with Crippen LogP contribution in [0.25, 0.3) is 0 Å². The quantitative estimate of drug-likeness (QED) is 0.492. The lowest BCUT2D eigenvalue weighted by Gasteiger charge is -2.32. The van der Waals surface area contributed by atoms with Crippen molar-refractivity contribution in [1.82, 2.24) is 9.55 Å². The van der Waals surface area contributed by atoms with Crippen LogP contribution >= 0.6 is 0 Å². The number of aryl methyl sites for hydroxylation is 1. The van der Waals surface area contributed by atoms with Crippen molar-refractivity contribution in [2.24, 2.45) is 5.73 Å². The zero-order valence-corrected chi connectivity index (χ0v) is 12.8. The molecule has 1 aliphatic heterocycles. The third-order valence-electron chi connectivity index (χ3n) is 3.69. The zero-order valence-electron chi connectivity index (χ0n) is 12.8. The van der Waals surface area contributed by atoms with E-state index in [4.69, 9.17) is 30.9 Å². The van der Waals surface area contributed by atoms with Gasteiger partial charge in [0.25, 0.3) is 5.56 Å². The number of carbonyl (C=O) groups excluding carboxylic acids is 1. The molecule has 10 heteroatoms. The van der Waals surface area contributed by atoms with Gasteiger partial charge in [-0.05, 0) is 19.3 Å². The normalized spacial score (nSPS) is 21.3. The Morgan fingerprint density at radius 3 is 2.83 bits per heavy atom. The Hall–Kier alpha value is -1.80. The van der Waals surface area contributed by atoms with E-state index >= 15 is 0 Å². The topological polar surface area (TPSA) is 116 Å². The molecule has 0 spiro atoms. The molecule has 4 radical (unpaired) electrons. The van der Waals surface area contributed by atoms with Crippen LogP contribution in [0, 0.1) is 0 Å². The average Bonchev–Trinajstić information content (AvgIpc) is 2.97. The number of hydrogen-bond acceptors (Lipinski definition) is 6. The first-order valence-corrected chi connectivity index (χ1v) is 7.28. The number of esters is 1. The summed E-state index contributed by atoms with van der Waals surface area (Å²) in [4.78, 5) is 37.0. The molecule has 0 bridgehead atoms. The lowest BCUT2D eigenvalue weighted by Crippen LogP contribution is -2.48. The molecule has 2 heterocycles. The molecule has 1 aliphatic rings. The van der Waals surface area contributed by atoms with Crippen molar-refractivity contribution < 1.29 is 14.3 Å². The molecule has 2 rings (SSSR count). The van der Waals surface area contributed by atoms with Crippen LogP contribution in [0.2, 0.25) is 0 Å². The molecule has 1 saturated heterocycles. The second-order valence-corrected chi connectivity index (χ2v) is 5.36. The lowest BCUT2D eigenvalue weighted by atomic mass is 9.61. The first-order chi connectivity index (χ1) is 10.8. The molecule has 3 N–H and O–H groups in total. The summed E-state index contributed by atoms with van der Waals surface area (Å²) < 4.78 is 11.8. The molecule has 0 amide bonds. The number of carbonyl (C=O) groups is 1. The van der Waals surface area contributed by atoms with Crippen LogP contribution < -0.4 is 17.0 Å². The Morgan fingerprint density at radius 2 is 2.22 bits per heavy atom. The maximum absolute atomic E-state index is 11.9. The smallest absolute Gasteiger partial charge is 0.330 e. The van der Waals surface area contributed by atoms with E-state index in [9.17, 15) is 14.4 Å². The molecule has 23 heavy (non-hydrogen) atoms. The van der Waals surface area contributed by atoms with E-state index < -0.39 is 34.9 Å². The van der Waals surface area contributed by atoms with Crippen molar-refractivity contribution in [1.29, 1.82) is 0 Å². The van der Waals surface area contributed by atoms with Gasteiger partial charge in [0.15, 0.2) is 0 Å². The van der Waals surface area contributed by atoms with Crippen molar-refractivity contribution in [3.63, 3.8) is 0 Å². The van der Waals surface area contributed by atoms with Crippen LogP contribution in [0.5, 0.6) is 0 Å². The van der Waals surface area contributed by atoms with Gasteiger partial charge in [0.2, 0.25) is 0 Å². The Balaban J connectivity index is 2.19. The van der Waals surface area contributed by atoms with Crippen LogP contribution in [0.1, 0.15) is 31.6 Å². The van der Waals surface area contributed by atoms with Gasteiger partial charge in [-0.25, -0.2) is 4.79 Å². The van der Waals surface area contributed by atoms with Gasteiger partial charge in [-0.3, -0.25) is 19.1 Å². The number of nitrogens with two attached hydrogens (primary N) is 1. The van der Waals surface area contributed by atoms with E-state index in [1.165, 1.54) is 10.8 Å². The summed E-state index contributed by atoms with van der Waals surface area (Å²) in [6.45, 7) is 1.44. The molecule has 0 aromatic carbocycles. The van der Waals surface area contributed by atoms with Gasteiger partial charge < -0.3 is 15.2 Å².